The lowest BCUT2D eigenvalue weighted by molar-refractivity contribution is -0.142. The molecule has 0 aliphatic heterocycles. The van der Waals surface area contributed by atoms with Crippen molar-refractivity contribution >= 4 is 5.97 Å². The van der Waals surface area contributed by atoms with Gasteiger partial charge < -0.3 is 14.0 Å². The molecule has 0 saturated heterocycles. The molecule has 0 saturated carbocycles. The molecule has 0 fully saturated rings. The van der Waals surface area contributed by atoms with Crippen LogP contribution in [0.15, 0.2) is 4.52 Å². The van der Waals surface area contributed by atoms with Gasteiger partial charge in [-0.15, -0.1) is 0 Å². The fraction of sp³-hybridized carbons (Fsp3) is 0.700. The Morgan fingerprint density at radius 2 is 2.19 bits per heavy atom. The van der Waals surface area contributed by atoms with Crippen LogP contribution in [0.5, 0.6) is 0 Å². The molecule has 0 aromatic carbocycles. The van der Waals surface area contributed by atoms with Crippen molar-refractivity contribution in [3.8, 4) is 0 Å². The summed E-state index contributed by atoms with van der Waals surface area (Å²) in [6.45, 7) is 5.70. The van der Waals surface area contributed by atoms with E-state index >= 15 is 0 Å². The SMILES string of the molecule is CCOC(=O)Cc1nc(C(C)(C)OC)no1. The van der Waals surface area contributed by atoms with Crippen LogP contribution in [-0.2, 0) is 26.3 Å². The van der Waals surface area contributed by atoms with Gasteiger partial charge in [0, 0.05) is 7.11 Å². The Morgan fingerprint density at radius 1 is 1.50 bits per heavy atom. The van der Waals surface area contributed by atoms with Gasteiger partial charge in [-0.05, 0) is 20.8 Å². The number of rotatable bonds is 5. The molecule has 0 amide bonds. The predicted molar refractivity (Wildman–Crippen MR) is 54.7 cm³/mol. The highest BCUT2D eigenvalue weighted by Gasteiger charge is 2.26. The van der Waals surface area contributed by atoms with E-state index in [0.717, 1.165) is 0 Å². The average Bonchev–Trinajstić information content (AvgIpc) is 2.67. The van der Waals surface area contributed by atoms with Gasteiger partial charge in [0.2, 0.25) is 11.7 Å². The normalized spacial score (nSPS) is 11.5. The van der Waals surface area contributed by atoms with Crippen molar-refractivity contribution in [1.29, 1.82) is 0 Å². The minimum atomic E-state index is -0.629. The van der Waals surface area contributed by atoms with Crippen molar-refractivity contribution in [3.63, 3.8) is 0 Å². The van der Waals surface area contributed by atoms with Crippen LogP contribution in [0.2, 0.25) is 0 Å². The fourth-order valence-electron chi connectivity index (χ4n) is 0.998. The Labute approximate surface area is 93.9 Å². The second-order valence-corrected chi connectivity index (χ2v) is 3.71. The Balaban J connectivity index is 2.68. The first-order chi connectivity index (χ1) is 7.49. The molecule has 0 radical (unpaired) electrons. The number of hydrogen-bond acceptors (Lipinski definition) is 6. The molecule has 0 bridgehead atoms. The van der Waals surface area contributed by atoms with E-state index in [9.17, 15) is 4.79 Å². The zero-order valence-electron chi connectivity index (χ0n) is 9.94. The maximum atomic E-state index is 11.2. The third-order valence-corrected chi connectivity index (χ3v) is 2.12. The lowest BCUT2D eigenvalue weighted by atomic mass is 10.1. The second kappa shape index (κ2) is 5.07. The van der Waals surface area contributed by atoms with E-state index in [4.69, 9.17) is 14.0 Å². The summed E-state index contributed by atoms with van der Waals surface area (Å²) in [6.07, 6.45) is -0.0133. The molecule has 1 aromatic rings. The first kappa shape index (κ1) is 12.6. The van der Waals surface area contributed by atoms with Crippen LogP contribution in [-0.4, -0.2) is 29.8 Å². The van der Waals surface area contributed by atoms with Gasteiger partial charge in [0.1, 0.15) is 12.0 Å². The van der Waals surface area contributed by atoms with Crippen molar-refractivity contribution in [2.75, 3.05) is 13.7 Å². The summed E-state index contributed by atoms with van der Waals surface area (Å²) in [5.74, 6) is 0.265. The molecule has 0 spiro atoms. The molecule has 0 N–H and O–H groups in total. The number of carbonyl (C=O) groups excluding carboxylic acids is 1. The van der Waals surface area contributed by atoms with Crippen LogP contribution in [0, 0.1) is 0 Å². The summed E-state index contributed by atoms with van der Waals surface area (Å²) in [4.78, 5) is 15.2. The number of carbonyl (C=O) groups is 1. The molecular formula is C10H16N2O4. The largest absolute Gasteiger partial charge is 0.466 e. The monoisotopic (exact) mass is 228 g/mol. The topological polar surface area (TPSA) is 74.5 Å². The maximum Gasteiger partial charge on any atom is 0.315 e. The number of nitrogens with zero attached hydrogens (tertiary/aromatic N) is 2. The van der Waals surface area contributed by atoms with Crippen molar-refractivity contribution in [3.05, 3.63) is 11.7 Å². The van der Waals surface area contributed by atoms with Crippen molar-refractivity contribution in [2.45, 2.75) is 32.8 Å². The first-order valence-corrected chi connectivity index (χ1v) is 5.03. The van der Waals surface area contributed by atoms with E-state index < -0.39 is 5.60 Å². The Bertz CT molecular complexity index is 359. The minimum Gasteiger partial charge on any atom is -0.466 e. The van der Waals surface area contributed by atoms with Gasteiger partial charge in [-0.1, -0.05) is 5.16 Å². The summed E-state index contributed by atoms with van der Waals surface area (Å²) in [5.41, 5.74) is -0.629. The molecule has 6 heteroatoms. The van der Waals surface area contributed by atoms with Gasteiger partial charge in [0.05, 0.1) is 6.61 Å². The van der Waals surface area contributed by atoms with Crippen LogP contribution < -0.4 is 0 Å². The molecule has 0 atom stereocenters. The van der Waals surface area contributed by atoms with Crippen LogP contribution >= 0.6 is 0 Å². The second-order valence-electron chi connectivity index (χ2n) is 3.71. The molecule has 0 unspecified atom stereocenters. The molecule has 16 heavy (non-hydrogen) atoms. The highest BCUT2D eigenvalue weighted by molar-refractivity contribution is 5.71. The van der Waals surface area contributed by atoms with Crippen LogP contribution in [0.1, 0.15) is 32.5 Å². The van der Waals surface area contributed by atoms with E-state index in [1.54, 1.807) is 14.0 Å². The standard InChI is InChI=1S/C10H16N2O4/c1-5-15-8(13)6-7-11-9(12-16-7)10(2,3)14-4/h5-6H2,1-4H3. The van der Waals surface area contributed by atoms with Gasteiger partial charge in [-0.3, -0.25) is 4.79 Å². The van der Waals surface area contributed by atoms with Crippen LogP contribution in [0.25, 0.3) is 0 Å². The number of ether oxygens (including phenoxy) is 2. The summed E-state index contributed by atoms with van der Waals surface area (Å²) in [5, 5.41) is 3.75. The number of methoxy groups -OCH3 is 1. The van der Waals surface area contributed by atoms with Gasteiger partial charge in [0.25, 0.3) is 0 Å². The highest BCUT2D eigenvalue weighted by Crippen LogP contribution is 2.20. The molecule has 0 aliphatic rings. The molecular weight excluding hydrogens is 212 g/mol. The number of aromatic nitrogens is 2. The molecule has 1 rings (SSSR count). The summed E-state index contributed by atoms with van der Waals surface area (Å²) < 4.78 is 14.9. The van der Waals surface area contributed by atoms with E-state index in [2.05, 4.69) is 10.1 Å². The van der Waals surface area contributed by atoms with E-state index in [0.29, 0.717) is 12.4 Å². The number of hydrogen-bond donors (Lipinski definition) is 0. The maximum absolute atomic E-state index is 11.2. The average molecular weight is 228 g/mol. The van der Waals surface area contributed by atoms with E-state index in [1.807, 2.05) is 13.8 Å². The highest BCUT2D eigenvalue weighted by atomic mass is 16.5. The summed E-state index contributed by atoms with van der Waals surface area (Å²) in [7, 11) is 1.56. The Morgan fingerprint density at radius 3 is 2.75 bits per heavy atom. The minimum absolute atomic E-state index is 0.0133. The van der Waals surface area contributed by atoms with Gasteiger partial charge in [-0.25, -0.2) is 0 Å². The van der Waals surface area contributed by atoms with Crippen molar-refractivity contribution in [1.82, 2.24) is 10.1 Å². The molecule has 1 heterocycles. The van der Waals surface area contributed by atoms with Crippen molar-refractivity contribution in [2.24, 2.45) is 0 Å². The molecule has 90 valence electrons. The van der Waals surface area contributed by atoms with Crippen molar-refractivity contribution < 1.29 is 18.8 Å². The van der Waals surface area contributed by atoms with Gasteiger partial charge in [0.15, 0.2) is 0 Å². The third-order valence-electron chi connectivity index (χ3n) is 2.12. The summed E-state index contributed by atoms with van der Waals surface area (Å²) in [6, 6.07) is 0. The Kier molecular flexibility index (Phi) is 4.00. The molecule has 0 aliphatic carbocycles. The molecule has 1 aromatic heterocycles. The third kappa shape index (κ3) is 3.03. The van der Waals surface area contributed by atoms with Gasteiger partial charge in [-0.2, -0.15) is 4.98 Å². The molecule has 6 nitrogen and oxygen atoms in total. The lowest BCUT2D eigenvalue weighted by Crippen LogP contribution is -2.21. The van der Waals surface area contributed by atoms with E-state index in [1.165, 1.54) is 0 Å². The predicted octanol–water partition coefficient (Wildman–Crippen LogP) is 1.06. The first-order valence-electron chi connectivity index (χ1n) is 5.03. The quantitative estimate of drug-likeness (QED) is 0.701. The van der Waals surface area contributed by atoms with E-state index in [-0.39, 0.29) is 18.3 Å². The fourth-order valence-corrected chi connectivity index (χ4v) is 0.998. The smallest absolute Gasteiger partial charge is 0.315 e. The Hall–Kier alpha value is -1.43. The zero-order chi connectivity index (χ0) is 12.2. The van der Waals surface area contributed by atoms with Crippen LogP contribution in [0.3, 0.4) is 0 Å². The van der Waals surface area contributed by atoms with Gasteiger partial charge >= 0.3 is 5.97 Å². The zero-order valence-corrected chi connectivity index (χ0v) is 9.94. The lowest BCUT2D eigenvalue weighted by Gasteiger charge is -2.17. The summed E-state index contributed by atoms with van der Waals surface area (Å²) >= 11 is 0. The number of esters is 1. The van der Waals surface area contributed by atoms with Crippen LogP contribution in [0.4, 0.5) is 0 Å².